The van der Waals surface area contributed by atoms with Crippen molar-refractivity contribution in [2.24, 2.45) is 7.05 Å². The zero-order valence-corrected chi connectivity index (χ0v) is 14.6. The van der Waals surface area contributed by atoms with E-state index in [0.29, 0.717) is 0 Å². The van der Waals surface area contributed by atoms with Crippen molar-refractivity contribution in [1.82, 2.24) is 20.0 Å². The van der Waals surface area contributed by atoms with Crippen molar-refractivity contribution in [3.63, 3.8) is 0 Å². The summed E-state index contributed by atoms with van der Waals surface area (Å²) in [5, 5.41) is 7.26. The fraction of sp³-hybridized carbons (Fsp3) is 0.444. The number of hydrogen-bond acceptors (Lipinski definition) is 2. The molecule has 1 aromatic carbocycles. The van der Waals surface area contributed by atoms with E-state index in [1.54, 1.807) is 20.2 Å². The van der Waals surface area contributed by atoms with Crippen LogP contribution in [0.2, 0.25) is 0 Å². The number of benzene rings is 1. The molecule has 0 aliphatic heterocycles. The highest BCUT2D eigenvalue weighted by Crippen LogP contribution is 2.30. The molecule has 0 saturated carbocycles. The van der Waals surface area contributed by atoms with Crippen molar-refractivity contribution >= 4 is 6.03 Å². The van der Waals surface area contributed by atoms with E-state index in [0.717, 1.165) is 48.7 Å². The molecule has 2 atom stereocenters. The summed E-state index contributed by atoms with van der Waals surface area (Å²) in [5.74, 6) is -1.05. The van der Waals surface area contributed by atoms with Crippen LogP contribution in [0.5, 0.6) is 0 Å². The summed E-state index contributed by atoms with van der Waals surface area (Å²) in [4.78, 5) is 14.0. The quantitative estimate of drug-likeness (QED) is 0.923. The molecule has 3 rings (SSSR count). The number of urea groups is 1. The lowest BCUT2D eigenvalue weighted by Gasteiger charge is -2.30. The molecule has 5 nitrogen and oxygen atoms in total. The number of carbonyl (C=O) groups is 1. The molecule has 0 fully saturated rings. The van der Waals surface area contributed by atoms with Crippen molar-refractivity contribution in [2.75, 3.05) is 7.05 Å². The van der Waals surface area contributed by atoms with E-state index in [2.05, 4.69) is 10.4 Å². The van der Waals surface area contributed by atoms with Crippen molar-refractivity contribution in [3.05, 3.63) is 52.9 Å². The molecule has 1 N–H and O–H groups in total. The summed E-state index contributed by atoms with van der Waals surface area (Å²) >= 11 is 0. The van der Waals surface area contributed by atoms with Gasteiger partial charge >= 0.3 is 6.03 Å². The van der Waals surface area contributed by atoms with E-state index in [4.69, 9.17) is 0 Å². The van der Waals surface area contributed by atoms with Crippen LogP contribution in [0.4, 0.5) is 13.6 Å². The van der Waals surface area contributed by atoms with Gasteiger partial charge in [-0.2, -0.15) is 5.10 Å². The van der Waals surface area contributed by atoms with Gasteiger partial charge in [0.05, 0.1) is 18.3 Å². The summed E-state index contributed by atoms with van der Waals surface area (Å²) in [7, 11) is 3.47. The molecule has 0 saturated heterocycles. The van der Waals surface area contributed by atoms with Gasteiger partial charge in [-0.1, -0.05) is 0 Å². The second-order valence-corrected chi connectivity index (χ2v) is 6.52. The molecule has 1 aliphatic carbocycles. The lowest BCUT2D eigenvalue weighted by Crippen LogP contribution is -2.41. The first kappa shape index (κ1) is 17.4. The molecule has 0 bridgehead atoms. The number of carbonyl (C=O) groups excluding carboxylic acids is 1. The Morgan fingerprint density at radius 2 is 2.20 bits per heavy atom. The third-order valence-corrected chi connectivity index (χ3v) is 4.98. The molecule has 134 valence electrons. The number of hydrogen-bond donors (Lipinski definition) is 1. The van der Waals surface area contributed by atoms with Gasteiger partial charge in [-0.05, 0) is 44.4 Å². The second kappa shape index (κ2) is 6.82. The lowest BCUT2D eigenvalue weighted by atomic mass is 9.93. The number of aryl methyl sites for hydroxylation is 1. The van der Waals surface area contributed by atoms with Crippen LogP contribution in [0.3, 0.4) is 0 Å². The van der Waals surface area contributed by atoms with Crippen molar-refractivity contribution < 1.29 is 13.6 Å². The Balaban J connectivity index is 1.74. The number of fused-ring (bicyclic) bond motifs is 1. The van der Waals surface area contributed by atoms with Gasteiger partial charge < -0.3 is 10.2 Å². The van der Waals surface area contributed by atoms with Crippen LogP contribution in [-0.4, -0.2) is 27.8 Å². The van der Waals surface area contributed by atoms with Gasteiger partial charge in [-0.3, -0.25) is 4.68 Å². The highest BCUT2D eigenvalue weighted by molar-refractivity contribution is 5.75. The topological polar surface area (TPSA) is 50.2 Å². The Morgan fingerprint density at radius 3 is 2.96 bits per heavy atom. The number of rotatable bonds is 3. The predicted octanol–water partition coefficient (Wildman–Crippen LogP) is 3.48. The maximum absolute atomic E-state index is 14.0. The van der Waals surface area contributed by atoms with Gasteiger partial charge in [0.1, 0.15) is 11.6 Å². The standard InChI is InChI=1S/C18H22F2N4O/c1-11(13-9-12(19)7-8-15(13)20)23(2)18(25)22-16-5-4-6-17-14(16)10-21-24(17)3/h7-11,16H,4-6H2,1-3H3,(H,22,25). The minimum Gasteiger partial charge on any atom is -0.331 e. The molecule has 0 spiro atoms. The number of halogens is 2. The van der Waals surface area contributed by atoms with Crippen LogP contribution in [0.25, 0.3) is 0 Å². The number of nitrogens with zero attached hydrogens (tertiary/aromatic N) is 3. The maximum atomic E-state index is 14.0. The molecule has 25 heavy (non-hydrogen) atoms. The van der Waals surface area contributed by atoms with Crippen LogP contribution in [0.1, 0.15) is 48.7 Å². The first-order valence-electron chi connectivity index (χ1n) is 8.37. The fourth-order valence-corrected chi connectivity index (χ4v) is 3.33. The van der Waals surface area contributed by atoms with Crippen molar-refractivity contribution in [2.45, 2.75) is 38.3 Å². The molecule has 1 aromatic heterocycles. The predicted molar refractivity (Wildman–Crippen MR) is 90.0 cm³/mol. The van der Waals surface area contributed by atoms with E-state index < -0.39 is 17.7 Å². The Hall–Kier alpha value is -2.44. The molecule has 2 unspecified atom stereocenters. The maximum Gasteiger partial charge on any atom is 0.318 e. The summed E-state index contributed by atoms with van der Waals surface area (Å²) in [6.07, 6.45) is 4.53. The minimum atomic E-state index is -0.590. The lowest BCUT2D eigenvalue weighted by molar-refractivity contribution is 0.188. The van der Waals surface area contributed by atoms with Crippen LogP contribution < -0.4 is 5.32 Å². The van der Waals surface area contributed by atoms with Crippen LogP contribution in [0.15, 0.2) is 24.4 Å². The largest absolute Gasteiger partial charge is 0.331 e. The monoisotopic (exact) mass is 348 g/mol. The van der Waals surface area contributed by atoms with Crippen LogP contribution in [-0.2, 0) is 13.5 Å². The third kappa shape index (κ3) is 3.36. The zero-order chi connectivity index (χ0) is 18.1. The molecule has 0 radical (unpaired) electrons. The Morgan fingerprint density at radius 1 is 1.44 bits per heavy atom. The molecular weight excluding hydrogens is 326 g/mol. The van der Waals surface area contributed by atoms with Gasteiger partial charge in [0.25, 0.3) is 0 Å². The molecule has 1 aliphatic rings. The fourth-order valence-electron chi connectivity index (χ4n) is 3.33. The molecule has 2 aromatic rings. The zero-order valence-electron chi connectivity index (χ0n) is 14.6. The smallest absolute Gasteiger partial charge is 0.318 e. The number of aromatic nitrogens is 2. The Labute approximate surface area is 145 Å². The highest BCUT2D eigenvalue weighted by Gasteiger charge is 2.27. The molecule has 2 amide bonds. The average molecular weight is 348 g/mol. The van der Waals surface area contributed by atoms with E-state index in [1.165, 1.54) is 4.90 Å². The average Bonchev–Trinajstić information content (AvgIpc) is 2.98. The number of amides is 2. The van der Waals surface area contributed by atoms with Crippen molar-refractivity contribution in [3.8, 4) is 0 Å². The third-order valence-electron chi connectivity index (χ3n) is 4.98. The first-order chi connectivity index (χ1) is 11.9. The van der Waals surface area contributed by atoms with E-state index in [-0.39, 0.29) is 17.6 Å². The molecule has 1 heterocycles. The summed E-state index contributed by atoms with van der Waals surface area (Å²) < 4.78 is 29.2. The van der Waals surface area contributed by atoms with Gasteiger partial charge in [0, 0.05) is 30.9 Å². The van der Waals surface area contributed by atoms with Crippen molar-refractivity contribution in [1.29, 1.82) is 0 Å². The van der Waals surface area contributed by atoms with E-state index in [9.17, 15) is 13.6 Å². The normalized spacial score (nSPS) is 17.7. The van der Waals surface area contributed by atoms with E-state index >= 15 is 0 Å². The Bertz CT molecular complexity index is 789. The van der Waals surface area contributed by atoms with Gasteiger partial charge in [0.2, 0.25) is 0 Å². The van der Waals surface area contributed by atoms with Crippen LogP contribution in [0, 0.1) is 11.6 Å². The van der Waals surface area contributed by atoms with E-state index in [1.807, 2.05) is 11.7 Å². The SMILES string of the molecule is CC(c1cc(F)ccc1F)N(C)C(=O)NC1CCCc2c1cnn2C. The Kier molecular flexibility index (Phi) is 4.74. The second-order valence-electron chi connectivity index (χ2n) is 6.52. The minimum absolute atomic E-state index is 0.114. The molecule has 7 heteroatoms. The molecular formula is C18H22F2N4O. The van der Waals surface area contributed by atoms with Crippen LogP contribution >= 0.6 is 0 Å². The highest BCUT2D eigenvalue weighted by atomic mass is 19.1. The number of nitrogens with one attached hydrogen (secondary N) is 1. The first-order valence-corrected chi connectivity index (χ1v) is 8.37. The summed E-state index contributed by atoms with van der Waals surface area (Å²) in [6, 6.07) is 2.25. The van der Waals surface area contributed by atoms with Gasteiger partial charge in [-0.25, -0.2) is 13.6 Å². The van der Waals surface area contributed by atoms with Gasteiger partial charge in [0.15, 0.2) is 0 Å². The van der Waals surface area contributed by atoms with Gasteiger partial charge in [-0.15, -0.1) is 0 Å². The summed E-state index contributed by atoms with van der Waals surface area (Å²) in [5.41, 5.74) is 2.31. The summed E-state index contributed by atoms with van der Waals surface area (Å²) in [6.45, 7) is 1.67.